The Morgan fingerprint density at radius 2 is 1.93 bits per heavy atom. The van der Waals surface area contributed by atoms with Crippen molar-refractivity contribution >= 4 is 23.0 Å². The van der Waals surface area contributed by atoms with Crippen LogP contribution in [0.5, 0.6) is 11.5 Å². The minimum atomic E-state index is -0.973. The Bertz CT molecular complexity index is 1210. The van der Waals surface area contributed by atoms with Crippen LogP contribution >= 0.6 is 0 Å². The molecule has 2 aliphatic rings. The van der Waals surface area contributed by atoms with Crippen LogP contribution in [-0.4, -0.2) is 25.3 Å². The van der Waals surface area contributed by atoms with E-state index in [9.17, 15) is 9.59 Å². The molecule has 0 bridgehead atoms. The van der Waals surface area contributed by atoms with E-state index in [4.69, 9.17) is 18.6 Å². The normalized spacial score (nSPS) is 19.6. The molecule has 0 saturated heterocycles. The number of carbonyl (C=O) groups is 1. The predicted octanol–water partition coefficient (Wildman–Crippen LogP) is 3.68. The van der Waals surface area contributed by atoms with Crippen molar-refractivity contribution in [3.63, 3.8) is 0 Å². The Morgan fingerprint density at radius 1 is 1.14 bits per heavy atom. The maximum absolute atomic E-state index is 12.9. The van der Waals surface area contributed by atoms with E-state index in [2.05, 4.69) is 0 Å². The van der Waals surface area contributed by atoms with Crippen molar-refractivity contribution in [2.24, 2.45) is 0 Å². The Balaban J connectivity index is 1.70. The summed E-state index contributed by atoms with van der Waals surface area (Å²) in [5.41, 5.74) is 1.88. The van der Waals surface area contributed by atoms with Gasteiger partial charge in [-0.2, -0.15) is 0 Å². The average Bonchev–Trinajstić information content (AvgIpc) is 3.15. The molecule has 0 N–H and O–H groups in total. The molecule has 5 rings (SSSR count). The monoisotopic (exact) mass is 390 g/mol. The van der Waals surface area contributed by atoms with Crippen molar-refractivity contribution in [3.8, 4) is 11.5 Å². The first-order chi connectivity index (χ1) is 14.2. The van der Waals surface area contributed by atoms with Gasteiger partial charge in [-0.1, -0.05) is 30.3 Å². The second-order valence-corrected chi connectivity index (χ2v) is 6.94. The summed E-state index contributed by atoms with van der Waals surface area (Å²) in [5, 5.41) is 0.650. The molecule has 0 spiro atoms. The number of carbonyl (C=O) groups excluding carboxylic acids is 1. The van der Waals surface area contributed by atoms with E-state index >= 15 is 0 Å². The molecule has 3 aromatic rings. The van der Waals surface area contributed by atoms with Gasteiger partial charge >= 0.3 is 11.6 Å². The average molecular weight is 390 g/mol. The summed E-state index contributed by atoms with van der Waals surface area (Å²) < 4.78 is 22.7. The van der Waals surface area contributed by atoms with Crippen LogP contribution in [-0.2, 0) is 9.53 Å². The minimum absolute atomic E-state index is 0.218. The Kier molecular flexibility index (Phi) is 4.12. The smallest absolute Gasteiger partial charge is 0.348 e. The summed E-state index contributed by atoms with van der Waals surface area (Å²) >= 11 is 0. The van der Waals surface area contributed by atoms with Crippen LogP contribution in [0.1, 0.15) is 24.0 Å². The van der Waals surface area contributed by atoms with Crippen molar-refractivity contribution in [2.75, 3.05) is 13.2 Å². The third-order valence-corrected chi connectivity index (χ3v) is 5.23. The molecule has 0 aliphatic carbocycles. The van der Waals surface area contributed by atoms with Crippen LogP contribution in [0, 0.1) is 0 Å². The van der Waals surface area contributed by atoms with Crippen molar-refractivity contribution in [1.29, 1.82) is 0 Å². The molecule has 0 radical (unpaired) electrons. The second kappa shape index (κ2) is 6.81. The van der Waals surface area contributed by atoms with Crippen LogP contribution in [0.2, 0.25) is 0 Å². The summed E-state index contributed by atoms with van der Waals surface area (Å²) in [5.74, 6) is -0.0246. The van der Waals surface area contributed by atoms with Crippen molar-refractivity contribution in [3.05, 3.63) is 75.7 Å². The SMILES string of the molecule is CCOC(=O)[C@@H]1Oc2c(c(=O)oc3ccccc23)[C@H]1C1=Cc2ccccc2OC1. The van der Waals surface area contributed by atoms with Crippen LogP contribution < -0.4 is 15.1 Å². The lowest BCUT2D eigenvalue weighted by molar-refractivity contribution is -0.151. The summed E-state index contributed by atoms with van der Waals surface area (Å²) in [7, 11) is 0. The maximum atomic E-state index is 12.9. The molecule has 0 amide bonds. The van der Waals surface area contributed by atoms with Crippen LogP contribution in [0.15, 0.2) is 63.3 Å². The van der Waals surface area contributed by atoms with E-state index in [1.807, 2.05) is 42.5 Å². The fraction of sp³-hybridized carbons (Fsp3) is 0.217. The third-order valence-electron chi connectivity index (χ3n) is 5.23. The summed E-state index contributed by atoms with van der Waals surface area (Å²) in [4.78, 5) is 25.6. The molecule has 6 nitrogen and oxygen atoms in total. The Hall–Kier alpha value is -3.54. The molecule has 3 heterocycles. The molecule has 2 aromatic carbocycles. The van der Waals surface area contributed by atoms with E-state index in [0.717, 1.165) is 16.9 Å². The molecule has 0 saturated carbocycles. The topological polar surface area (TPSA) is 75.0 Å². The maximum Gasteiger partial charge on any atom is 0.348 e. The number of benzene rings is 2. The Labute approximate surface area is 166 Å². The lowest BCUT2D eigenvalue weighted by Gasteiger charge is -2.24. The molecule has 1 aromatic heterocycles. The van der Waals surface area contributed by atoms with Gasteiger partial charge in [-0.3, -0.25) is 0 Å². The first-order valence-electron chi connectivity index (χ1n) is 9.48. The largest absolute Gasteiger partial charge is 0.489 e. The number of para-hydroxylation sites is 2. The number of esters is 1. The zero-order valence-corrected chi connectivity index (χ0v) is 15.7. The predicted molar refractivity (Wildman–Crippen MR) is 106 cm³/mol. The first kappa shape index (κ1) is 17.6. The van der Waals surface area contributed by atoms with E-state index in [1.165, 1.54) is 0 Å². The van der Waals surface area contributed by atoms with Crippen LogP contribution in [0.4, 0.5) is 0 Å². The minimum Gasteiger partial charge on any atom is -0.489 e. The van der Waals surface area contributed by atoms with Gasteiger partial charge in [-0.15, -0.1) is 0 Å². The van der Waals surface area contributed by atoms with Gasteiger partial charge in [0.1, 0.15) is 23.7 Å². The molecule has 0 unspecified atom stereocenters. The van der Waals surface area contributed by atoms with Crippen molar-refractivity contribution in [1.82, 2.24) is 0 Å². The van der Waals surface area contributed by atoms with Gasteiger partial charge in [0.2, 0.25) is 6.10 Å². The van der Waals surface area contributed by atoms with Crippen LogP contribution in [0.3, 0.4) is 0 Å². The summed E-state index contributed by atoms with van der Waals surface area (Å²) in [6, 6.07) is 14.7. The highest BCUT2D eigenvalue weighted by Crippen LogP contribution is 2.46. The quantitative estimate of drug-likeness (QED) is 0.502. The number of fused-ring (bicyclic) bond motifs is 4. The molecular formula is C23H18O6. The molecule has 146 valence electrons. The third kappa shape index (κ3) is 2.79. The molecule has 2 atom stereocenters. The standard InChI is InChI=1S/C23H18O6/c1-2-26-23(25)21-18(14-11-13-7-3-5-9-16(13)27-12-14)19-20(29-21)15-8-4-6-10-17(15)28-22(19)24/h3-11,18,21H,2,12H2,1H3/t18-,21-/m1/s1. The summed E-state index contributed by atoms with van der Waals surface area (Å²) in [6.45, 7) is 2.19. The Morgan fingerprint density at radius 3 is 2.79 bits per heavy atom. The van der Waals surface area contributed by atoms with Gasteiger partial charge in [0.25, 0.3) is 0 Å². The highest BCUT2D eigenvalue weighted by Gasteiger charge is 2.46. The highest BCUT2D eigenvalue weighted by atomic mass is 16.6. The van der Waals surface area contributed by atoms with Gasteiger partial charge in [0, 0.05) is 5.56 Å². The van der Waals surface area contributed by atoms with E-state index in [1.54, 1.807) is 19.1 Å². The van der Waals surface area contributed by atoms with Crippen molar-refractivity contribution < 1.29 is 23.4 Å². The first-order valence-corrected chi connectivity index (χ1v) is 9.48. The molecule has 0 fully saturated rings. The molecule has 29 heavy (non-hydrogen) atoms. The van der Waals surface area contributed by atoms with Gasteiger partial charge in [-0.05, 0) is 36.8 Å². The van der Waals surface area contributed by atoms with E-state index < -0.39 is 23.6 Å². The molecule has 6 heteroatoms. The van der Waals surface area contributed by atoms with Gasteiger partial charge in [0.15, 0.2) is 0 Å². The lowest BCUT2D eigenvalue weighted by atomic mass is 9.86. The van der Waals surface area contributed by atoms with Gasteiger partial charge in [-0.25, -0.2) is 9.59 Å². The fourth-order valence-corrected chi connectivity index (χ4v) is 3.98. The van der Waals surface area contributed by atoms with Crippen molar-refractivity contribution in [2.45, 2.75) is 18.9 Å². The second-order valence-electron chi connectivity index (χ2n) is 6.94. The number of ether oxygens (including phenoxy) is 3. The number of hydrogen-bond acceptors (Lipinski definition) is 6. The van der Waals surface area contributed by atoms with E-state index in [0.29, 0.717) is 22.3 Å². The van der Waals surface area contributed by atoms with Gasteiger partial charge in [0.05, 0.1) is 23.5 Å². The molecular weight excluding hydrogens is 372 g/mol. The molecule has 2 aliphatic heterocycles. The summed E-state index contributed by atoms with van der Waals surface area (Å²) in [6.07, 6.45) is 0.974. The number of rotatable bonds is 3. The van der Waals surface area contributed by atoms with Gasteiger partial charge < -0.3 is 18.6 Å². The fourth-order valence-electron chi connectivity index (χ4n) is 3.98. The zero-order valence-electron chi connectivity index (χ0n) is 15.7. The van der Waals surface area contributed by atoms with E-state index in [-0.39, 0.29) is 13.2 Å². The van der Waals surface area contributed by atoms with Crippen LogP contribution in [0.25, 0.3) is 17.0 Å². The highest BCUT2D eigenvalue weighted by molar-refractivity contribution is 5.89. The lowest BCUT2D eigenvalue weighted by Crippen LogP contribution is -2.34. The zero-order chi connectivity index (χ0) is 20.0. The number of hydrogen-bond donors (Lipinski definition) is 0.